The van der Waals surface area contributed by atoms with Crippen LogP contribution in [0.25, 0.3) is 0 Å². The van der Waals surface area contributed by atoms with Gasteiger partial charge in [0.05, 0.1) is 0 Å². The number of hydrogen-bond donors (Lipinski definition) is 0. The second-order valence-corrected chi connectivity index (χ2v) is 6.67. The van der Waals surface area contributed by atoms with E-state index in [9.17, 15) is 0 Å². The molecule has 0 aliphatic carbocycles. The van der Waals surface area contributed by atoms with Crippen LogP contribution < -0.4 is 0 Å². The molecule has 72 valence electrons. The summed E-state index contributed by atoms with van der Waals surface area (Å²) in [7, 11) is 4.13. The standard InChI is InChI=1S/C10H20S2/c1-9(2)5-3-4-6-10-7-11-12-8-10/h9-10H,3-8H2,1-2H3. The molecule has 2 heteroatoms. The average Bonchev–Trinajstić information content (AvgIpc) is 2.49. The molecule has 0 N–H and O–H groups in total. The Labute approximate surface area is 84.7 Å². The number of hydrogen-bond acceptors (Lipinski definition) is 2. The lowest BCUT2D eigenvalue weighted by molar-refractivity contribution is 0.492. The Morgan fingerprint density at radius 3 is 2.42 bits per heavy atom. The lowest BCUT2D eigenvalue weighted by Crippen LogP contribution is -2.00. The Balaban J connectivity index is 1.88. The van der Waals surface area contributed by atoms with Crippen molar-refractivity contribution in [2.24, 2.45) is 11.8 Å². The summed E-state index contributed by atoms with van der Waals surface area (Å²) >= 11 is 0. The van der Waals surface area contributed by atoms with E-state index in [2.05, 4.69) is 35.4 Å². The Kier molecular flexibility index (Phi) is 5.57. The minimum atomic E-state index is 0.900. The average molecular weight is 204 g/mol. The highest BCUT2D eigenvalue weighted by Crippen LogP contribution is 2.36. The molecule has 1 saturated heterocycles. The normalized spacial score (nSPS) is 19.2. The summed E-state index contributed by atoms with van der Waals surface area (Å²) in [5.41, 5.74) is 0. The minimum absolute atomic E-state index is 0.900. The van der Waals surface area contributed by atoms with Crippen molar-refractivity contribution < 1.29 is 0 Å². The van der Waals surface area contributed by atoms with Gasteiger partial charge >= 0.3 is 0 Å². The van der Waals surface area contributed by atoms with Gasteiger partial charge in [0.1, 0.15) is 0 Å². The van der Waals surface area contributed by atoms with Crippen LogP contribution in [-0.4, -0.2) is 11.5 Å². The number of unbranched alkanes of at least 4 members (excludes halogenated alkanes) is 1. The third kappa shape index (κ3) is 4.66. The quantitative estimate of drug-likeness (QED) is 0.486. The SMILES string of the molecule is CC(C)CCCCC1CSSC1. The van der Waals surface area contributed by atoms with Crippen LogP contribution in [-0.2, 0) is 0 Å². The maximum atomic E-state index is 2.32. The molecular formula is C10H20S2. The second-order valence-electron chi connectivity index (χ2n) is 4.11. The predicted molar refractivity (Wildman–Crippen MR) is 61.7 cm³/mol. The highest BCUT2D eigenvalue weighted by Gasteiger charge is 2.15. The van der Waals surface area contributed by atoms with Crippen LogP contribution in [0.1, 0.15) is 39.5 Å². The van der Waals surface area contributed by atoms with E-state index in [-0.39, 0.29) is 0 Å². The van der Waals surface area contributed by atoms with Gasteiger partial charge in [-0.25, -0.2) is 0 Å². The predicted octanol–water partition coefficient (Wildman–Crippen LogP) is 4.21. The maximum absolute atomic E-state index is 2.32. The van der Waals surface area contributed by atoms with Crippen molar-refractivity contribution in [1.29, 1.82) is 0 Å². The van der Waals surface area contributed by atoms with E-state index in [0.29, 0.717) is 0 Å². The second kappa shape index (κ2) is 6.20. The monoisotopic (exact) mass is 204 g/mol. The largest absolute Gasteiger partial charge is 0.0938 e. The van der Waals surface area contributed by atoms with Crippen molar-refractivity contribution in [2.75, 3.05) is 11.5 Å². The van der Waals surface area contributed by atoms with Crippen molar-refractivity contribution >= 4 is 21.6 Å². The van der Waals surface area contributed by atoms with Gasteiger partial charge in [-0.1, -0.05) is 54.7 Å². The van der Waals surface area contributed by atoms with Crippen LogP contribution in [0, 0.1) is 11.8 Å². The van der Waals surface area contributed by atoms with E-state index in [0.717, 1.165) is 11.8 Å². The molecule has 0 spiro atoms. The van der Waals surface area contributed by atoms with Crippen molar-refractivity contribution in [2.45, 2.75) is 39.5 Å². The van der Waals surface area contributed by atoms with Gasteiger partial charge in [0.15, 0.2) is 0 Å². The first-order valence-electron chi connectivity index (χ1n) is 5.03. The summed E-state index contributed by atoms with van der Waals surface area (Å²) in [5.74, 6) is 4.75. The fourth-order valence-electron chi connectivity index (χ4n) is 1.49. The highest BCUT2D eigenvalue weighted by atomic mass is 33.1. The fourth-order valence-corrected chi connectivity index (χ4v) is 4.52. The summed E-state index contributed by atoms with van der Waals surface area (Å²) in [6, 6.07) is 0. The van der Waals surface area contributed by atoms with E-state index in [1.54, 1.807) is 0 Å². The van der Waals surface area contributed by atoms with Crippen LogP contribution in [0.3, 0.4) is 0 Å². The maximum Gasteiger partial charge on any atom is 0.00735 e. The molecule has 0 aromatic carbocycles. The summed E-state index contributed by atoms with van der Waals surface area (Å²) < 4.78 is 0. The molecule has 0 radical (unpaired) electrons. The lowest BCUT2D eigenvalue weighted by atomic mass is 10.0. The van der Waals surface area contributed by atoms with Gasteiger partial charge in [0.25, 0.3) is 0 Å². The molecule has 0 nitrogen and oxygen atoms in total. The molecule has 0 aromatic heterocycles. The van der Waals surface area contributed by atoms with Crippen molar-refractivity contribution in [3.63, 3.8) is 0 Å². The van der Waals surface area contributed by atoms with Crippen molar-refractivity contribution in [1.82, 2.24) is 0 Å². The highest BCUT2D eigenvalue weighted by molar-refractivity contribution is 8.77. The van der Waals surface area contributed by atoms with E-state index in [1.807, 2.05) is 0 Å². The Bertz CT molecular complexity index is 106. The number of rotatable bonds is 5. The molecule has 12 heavy (non-hydrogen) atoms. The van der Waals surface area contributed by atoms with E-state index in [1.165, 1.54) is 37.2 Å². The van der Waals surface area contributed by atoms with Crippen LogP contribution in [0.2, 0.25) is 0 Å². The minimum Gasteiger partial charge on any atom is -0.0938 e. The molecule has 1 rings (SSSR count). The van der Waals surface area contributed by atoms with Gasteiger partial charge in [-0.2, -0.15) is 0 Å². The van der Waals surface area contributed by atoms with Gasteiger partial charge in [0, 0.05) is 11.5 Å². The Morgan fingerprint density at radius 1 is 1.17 bits per heavy atom. The molecule has 0 amide bonds. The molecule has 1 fully saturated rings. The molecule has 1 aliphatic heterocycles. The first-order chi connectivity index (χ1) is 5.79. The summed E-state index contributed by atoms with van der Waals surface area (Å²) in [5, 5.41) is 0. The van der Waals surface area contributed by atoms with Gasteiger partial charge in [-0.15, -0.1) is 0 Å². The van der Waals surface area contributed by atoms with Gasteiger partial charge in [0.2, 0.25) is 0 Å². The fraction of sp³-hybridized carbons (Fsp3) is 1.00. The first-order valence-corrected chi connectivity index (χ1v) is 7.52. The molecule has 0 atom stereocenters. The molecule has 1 aliphatic rings. The van der Waals surface area contributed by atoms with E-state index in [4.69, 9.17) is 0 Å². The Hall–Kier alpha value is 0.700. The zero-order valence-corrected chi connectivity index (χ0v) is 9.85. The molecule has 0 unspecified atom stereocenters. The van der Waals surface area contributed by atoms with Crippen molar-refractivity contribution in [3.05, 3.63) is 0 Å². The topological polar surface area (TPSA) is 0 Å². The third-order valence-corrected chi connectivity index (χ3v) is 5.03. The summed E-state index contributed by atoms with van der Waals surface area (Å²) in [6.07, 6.45) is 5.81. The smallest absolute Gasteiger partial charge is 0.00735 e. The molecule has 0 bridgehead atoms. The Morgan fingerprint density at radius 2 is 1.83 bits per heavy atom. The van der Waals surface area contributed by atoms with Crippen LogP contribution >= 0.6 is 21.6 Å². The van der Waals surface area contributed by atoms with Crippen LogP contribution in [0.4, 0.5) is 0 Å². The zero-order chi connectivity index (χ0) is 8.81. The van der Waals surface area contributed by atoms with Gasteiger partial charge in [-0.3, -0.25) is 0 Å². The molecular weight excluding hydrogens is 184 g/mol. The van der Waals surface area contributed by atoms with Crippen LogP contribution in [0.15, 0.2) is 0 Å². The van der Waals surface area contributed by atoms with Crippen molar-refractivity contribution in [3.8, 4) is 0 Å². The third-order valence-electron chi connectivity index (χ3n) is 2.33. The van der Waals surface area contributed by atoms with E-state index < -0.39 is 0 Å². The van der Waals surface area contributed by atoms with Crippen LogP contribution in [0.5, 0.6) is 0 Å². The molecule has 0 aromatic rings. The summed E-state index contributed by atoms with van der Waals surface area (Å²) in [4.78, 5) is 0. The molecule has 0 saturated carbocycles. The first kappa shape index (κ1) is 10.8. The lowest BCUT2D eigenvalue weighted by Gasteiger charge is -2.07. The van der Waals surface area contributed by atoms with Gasteiger partial charge in [-0.05, 0) is 18.3 Å². The van der Waals surface area contributed by atoms with Gasteiger partial charge < -0.3 is 0 Å². The summed E-state index contributed by atoms with van der Waals surface area (Å²) in [6.45, 7) is 4.64. The zero-order valence-electron chi connectivity index (χ0n) is 8.21. The van der Waals surface area contributed by atoms with E-state index >= 15 is 0 Å². The molecule has 1 heterocycles.